The van der Waals surface area contributed by atoms with Crippen molar-refractivity contribution in [3.05, 3.63) is 71.3 Å². The summed E-state index contributed by atoms with van der Waals surface area (Å²) in [6.45, 7) is 2.05. The Hall–Kier alpha value is -1.54. The maximum absolute atomic E-state index is 12.4. The lowest BCUT2D eigenvalue weighted by atomic mass is 10.0. The number of thioether (sulfide) groups is 1. The van der Waals surface area contributed by atoms with E-state index >= 15 is 0 Å². The van der Waals surface area contributed by atoms with Crippen molar-refractivity contribution in [1.82, 2.24) is 0 Å². The van der Waals surface area contributed by atoms with E-state index in [1.807, 2.05) is 48.7 Å². The summed E-state index contributed by atoms with van der Waals surface area (Å²) in [6, 6.07) is 17.7. The average Bonchev–Trinajstić information content (AvgIpc) is 2.42. The van der Waals surface area contributed by atoms with Gasteiger partial charge in [0.25, 0.3) is 0 Å². The molecule has 1 nitrogen and oxygen atoms in total. The first-order valence-electron chi connectivity index (χ1n) is 5.91. The highest BCUT2D eigenvalue weighted by Gasteiger charge is 2.20. The number of Topliss-reactive ketones (excluding diaryl/α,β-unsaturated/α-hetero) is 1. The Bertz CT molecular complexity index is 517. The van der Waals surface area contributed by atoms with Crippen LogP contribution < -0.4 is 0 Å². The summed E-state index contributed by atoms with van der Waals surface area (Å²) >= 11 is 1.58. The summed E-state index contributed by atoms with van der Waals surface area (Å²) < 4.78 is 0. The molecule has 18 heavy (non-hydrogen) atoms. The number of hydrogen-bond acceptors (Lipinski definition) is 2. The summed E-state index contributed by atoms with van der Waals surface area (Å²) in [7, 11) is 0. The molecule has 1 atom stereocenters. The topological polar surface area (TPSA) is 17.1 Å². The molecule has 0 N–H and O–H groups in total. The van der Waals surface area contributed by atoms with Crippen LogP contribution in [0.2, 0.25) is 0 Å². The molecule has 2 aromatic rings. The third-order valence-corrected chi connectivity index (χ3v) is 3.87. The van der Waals surface area contributed by atoms with Crippen LogP contribution in [0.3, 0.4) is 0 Å². The van der Waals surface area contributed by atoms with Crippen LogP contribution in [0.4, 0.5) is 0 Å². The highest BCUT2D eigenvalue weighted by molar-refractivity contribution is 7.99. The summed E-state index contributed by atoms with van der Waals surface area (Å²) in [4.78, 5) is 12.4. The van der Waals surface area contributed by atoms with Crippen LogP contribution in [0.15, 0.2) is 54.6 Å². The monoisotopic (exact) mass is 256 g/mol. The fraction of sp³-hybridized carbons (Fsp3) is 0.188. The van der Waals surface area contributed by atoms with Crippen LogP contribution in [-0.4, -0.2) is 12.0 Å². The molecule has 0 aromatic heterocycles. The minimum atomic E-state index is -0.118. The molecule has 0 saturated carbocycles. The lowest BCUT2D eigenvalue weighted by Crippen LogP contribution is -2.09. The smallest absolute Gasteiger partial charge is 0.180 e. The minimum absolute atomic E-state index is 0.118. The number of hydrogen-bond donors (Lipinski definition) is 0. The largest absolute Gasteiger partial charge is 0.293 e. The van der Waals surface area contributed by atoms with Gasteiger partial charge in [0, 0.05) is 5.56 Å². The molecule has 92 valence electrons. The Labute approximate surface area is 112 Å². The van der Waals surface area contributed by atoms with Crippen molar-refractivity contribution in [2.45, 2.75) is 12.2 Å². The second-order valence-corrected chi connectivity index (χ2v) is 5.20. The van der Waals surface area contributed by atoms with Gasteiger partial charge >= 0.3 is 0 Å². The van der Waals surface area contributed by atoms with Crippen LogP contribution in [0.1, 0.15) is 26.7 Å². The Balaban J connectivity index is 2.29. The van der Waals surface area contributed by atoms with Gasteiger partial charge < -0.3 is 0 Å². The van der Waals surface area contributed by atoms with Crippen molar-refractivity contribution in [2.75, 3.05) is 6.26 Å². The molecule has 0 aliphatic rings. The normalized spacial score (nSPS) is 12.1. The predicted molar refractivity (Wildman–Crippen MR) is 78.2 cm³/mol. The third kappa shape index (κ3) is 2.82. The minimum Gasteiger partial charge on any atom is -0.293 e. The lowest BCUT2D eigenvalue weighted by molar-refractivity contribution is 0.0989. The first-order valence-corrected chi connectivity index (χ1v) is 7.20. The molecule has 0 bridgehead atoms. The fourth-order valence-electron chi connectivity index (χ4n) is 1.89. The molecular formula is C16H16OS. The Morgan fingerprint density at radius 1 is 1.00 bits per heavy atom. The zero-order valence-electron chi connectivity index (χ0n) is 10.6. The zero-order chi connectivity index (χ0) is 13.0. The Morgan fingerprint density at radius 2 is 1.61 bits per heavy atom. The van der Waals surface area contributed by atoms with Crippen LogP contribution in [-0.2, 0) is 0 Å². The molecule has 2 heteroatoms. The van der Waals surface area contributed by atoms with Crippen molar-refractivity contribution in [3.8, 4) is 0 Å². The van der Waals surface area contributed by atoms with Crippen LogP contribution in [0, 0.1) is 6.92 Å². The molecule has 0 aliphatic heterocycles. The van der Waals surface area contributed by atoms with E-state index in [0.29, 0.717) is 0 Å². The van der Waals surface area contributed by atoms with E-state index in [-0.39, 0.29) is 11.0 Å². The van der Waals surface area contributed by atoms with Gasteiger partial charge in [0.15, 0.2) is 5.78 Å². The van der Waals surface area contributed by atoms with E-state index in [4.69, 9.17) is 0 Å². The fourth-order valence-corrected chi connectivity index (χ4v) is 2.67. The van der Waals surface area contributed by atoms with E-state index in [1.54, 1.807) is 11.8 Å². The van der Waals surface area contributed by atoms with Crippen LogP contribution >= 0.6 is 11.8 Å². The molecule has 0 amide bonds. The van der Waals surface area contributed by atoms with E-state index < -0.39 is 0 Å². The van der Waals surface area contributed by atoms with Crippen LogP contribution in [0.25, 0.3) is 0 Å². The van der Waals surface area contributed by atoms with E-state index in [2.05, 4.69) is 19.1 Å². The third-order valence-electron chi connectivity index (χ3n) is 2.91. The van der Waals surface area contributed by atoms with Crippen molar-refractivity contribution in [2.24, 2.45) is 0 Å². The Kier molecular flexibility index (Phi) is 4.21. The SMILES string of the molecule is CSC(C(=O)c1ccccc1)c1ccc(C)cc1. The van der Waals surface area contributed by atoms with Gasteiger partial charge in [0.2, 0.25) is 0 Å². The van der Waals surface area contributed by atoms with Gasteiger partial charge in [-0.3, -0.25) is 4.79 Å². The number of carbonyl (C=O) groups is 1. The number of ketones is 1. The van der Waals surface area contributed by atoms with Crippen molar-refractivity contribution < 1.29 is 4.79 Å². The number of carbonyl (C=O) groups excluding carboxylic acids is 1. The van der Waals surface area contributed by atoms with Crippen LogP contribution in [0.5, 0.6) is 0 Å². The molecule has 0 aliphatic carbocycles. The zero-order valence-corrected chi connectivity index (χ0v) is 11.4. The van der Waals surface area contributed by atoms with Gasteiger partial charge in [-0.05, 0) is 18.7 Å². The van der Waals surface area contributed by atoms with Gasteiger partial charge in [0.1, 0.15) is 0 Å². The van der Waals surface area contributed by atoms with E-state index in [0.717, 1.165) is 11.1 Å². The van der Waals surface area contributed by atoms with Gasteiger partial charge in [-0.2, -0.15) is 0 Å². The average molecular weight is 256 g/mol. The number of aryl methyl sites for hydroxylation is 1. The summed E-state index contributed by atoms with van der Waals surface area (Å²) in [5.41, 5.74) is 3.06. The molecule has 1 unspecified atom stereocenters. The second kappa shape index (κ2) is 5.87. The standard InChI is InChI=1S/C16H16OS/c1-12-8-10-14(11-9-12)16(18-2)15(17)13-6-4-3-5-7-13/h3-11,16H,1-2H3. The van der Waals surface area contributed by atoms with E-state index in [1.165, 1.54) is 5.56 Å². The van der Waals surface area contributed by atoms with Gasteiger partial charge in [-0.1, -0.05) is 60.2 Å². The van der Waals surface area contributed by atoms with Crippen molar-refractivity contribution in [3.63, 3.8) is 0 Å². The molecule has 0 saturated heterocycles. The Morgan fingerprint density at radius 3 is 2.17 bits per heavy atom. The molecule has 0 radical (unpaired) electrons. The summed E-state index contributed by atoms with van der Waals surface area (Å²) in [5, 5.41) is -0.118. The number of benzene rings is 2. The molecule has 2 aromatic carbocycles. The molecule has 2 rings (SSSR count). The quantitative estimate of drug-likeness (QED) is 0.759. The molecule has 0 spiro atoms. The van der Waals surface area contributed by atoms with Crippen molar-refractivity contribution >= 4 is 17.5 Å². The van der Waals surface area contributed by atoms with Gasteiger partial charge in [-0.25, -0.2) is 0 Å². The number of rotatable bonds is 4. The predicted octanol–water partition coefficient (Wildman–Crippen LogP) is 4.28. The highest BCUT2D eigenvalue weighted by Crippen LogP contribution is 2.30. The maximum atomic E-state index is 12.4. The van der Waals surface area contributed by atoms with Gasteiger partial charge in [0.05, 0.1) is 5.25 Å². The summed E-state index contributed by atoms with van der Waals surface area (Å²) in [6.07, 6.45) is 1.98. The van der Waals surface area contributed by atoms with Gasteiger partial charge in [-0.15, -0.1) is 11.8 Å². The summed E-state index contributed by atoms with van der Waals surface area (Å²) in [5.74, 6) is 0.173. The first-order chi connectivity index (χ1) is 8.72. The van der Waals surface area contributed by atoms with E-state index in [9.17, 15) is 4.79 Å². The molecular weight excluding hydrogens is 240 g/mol. The first kappa shape index (κ1) is 12.9. The highest BCUT2D eigenvalue weighted by atomic mass is 32.2. The molecule has 0 fully saturated rings. The maximum Gasteiger partial charge on any atom is 0.180 e. The van der Waals surface area contributed by atoms with Crippen molar-refractivity contribution in [1.29, 1.82) is 0 Å². The second-order valence-electron chi connectivity index (χ2n) is 4.26. The molecule has 0 heterocycles. The lowest BCUT2D eigenvalue weighted by Gasteiger charge is -2.14.